The van der Waals surface area contributed by atoms with Crippen molar-refractivity contribution in [2.24, 2.45) is 0 Å². The van der Waals surface area contributed by atoms with Crippen LogP contribution in [0.25, 0.3) is 0 Å². The molecule has 0 aliphatic rings. The topological polar surface area (TPSA) is 83.5 Å². The minimum Gasteiger partial charge on any atom is -0.480 e. The van der Waals surface area contributed by atoms with Gasteiger partial charge in [-0.2, -0.15) is 16.5 Å². The summed E-state index contributed by atoms with van der Waals surface area (Å²) in [4.78, 5) is 10.9. The van der Waals surface area contributed by atoms with Crippen LogP contribution in [-0.2, 0) is 14.8 Å². The fraction of sp³-hybridized carbons (Fsp3) is 0.300. The second-order valence-corrected chi connectivity index (χ2v) is 6.96. The Kier molecular flexibility index (Phi) is 5.64. The summed E-state index contributed by atoms with van der Waals surface area (Å²) < 4.78 is 26.8. The quantitative estimate of drug-likeness (QED) is 0.810. The Morgan fingerprint density at radius 3 is 2.44 bits per heavy atom. The Balaban J connectivity index is 2.93. The van der Waals surface area contributed by atoms with Gasteiger partial charge in [-0.3, -0.25) is 4.79 Å². The highest BCUT2D eigenvalue weighted by atomic mass is 79.9. The number of halogens is 1. The molecule has 18 heavy (non-hydrogen) atoms. The number of carboxylic acids is 1. The minimum atomic E-state index is -3.81. The minimum absolute atomic E-state index is 0.0399. The smallest absolute Gasteiger partial charge is 0.322 e. The molecule has 100 valence electrons. The first-order valence-corrected chi connectivity index (χ1v) is 8.53. The second-order valence-electron chi connectivity index (χ2n) is 3.42. The van der Waals surface area contributed by atoms with E-state index in [4.69, 9.17) is 5.11 Å². The van der Waals surface area contributed by atoms with Crippen molar-refractivity contribution in [2.45, 2.75) is 10.9 Å². The van der Waals surface area contributed by atoms with Crippen LogP contribution in [0.2, 0.25) is 0 Å². The SMILES string of the molecule is CSC[C@@H](NS(=O)(=O)c1ccc(Br)cc1)C(=O)O. The van der Waals surface area contributed by atoms with Crippen LogP contribution in [0.4, 0.5) is 0 Å². The third kappa shape index (κ3) is 4.27. The van der Waals surface area contributed by atoms with E-state index in [2.05, 4.69) is 20.7 Å². The Bertz CT molecular complexity index is 515. The number of sulfonamides is 1. The summed E-state index contributed by atoms with van der Waals surface area (Å²) >= 11 is 4.46. The summed E-state index contributed by atoms with van der Waals surface area (Å²) in [5.74, 6) is -1.02. The summed E-state index contributed by atoms with van der Waals surface area (Å²) in [6, 6.07) is 4.85. The lowest BCUT2D eigenvalue weighted by Gasteiger charge is -2.13. The number of carboxylic acid groups (broad SMARTS) is 1. The van der Waals surface area contributed by atoms with Crippen LogP contribution in [0.1, 0.15) is 0 Å². The summed E-state index contributed by atoms with van der Waals surface area (Å²) in [5.41, 5.74) is 0. The molecule has 0 radical (unpaired) electrons. The van der Waals surface area contributed by atoms with Crippen molar-refractivity contribution in [3.63, 3.8) is 0 Å². The average Bonchev–Trinajstić information content (AvgIpc) is 2.28. The summed E-state index contributed by atoms with van der Waals surface area (Å²) in [6.07, 6.45) is 1.71. The Morgan fingerprint density at radius 2 is 2.00 bits per heavy atom. The molecule has 0 fully saturated rings. The number of benzene rings is 1. The van der Waals surface area contributed by atoms with Gasteiger partial charge in [0.15, 0.2) is 0 Å². The molecule has 0 unspecified atom stereocenters. The molecule has 1 atom stereocenters. The zero-order valence-electron chi connectivity index (χ0n) is 9.46. The highest BCUT2D eigenvalue weighted by molar-refractivity contribution is 9.10. The molecule has 0 saturated heterocycles. The molecule has 8 heteroatoms. The van der Waals surface area contributed by atoms with Crippen LogP contribution >= 0.6 is 27.7 Å². The summed E-state index contributed by atoms with van der Waals surface area (Å²) in [5, 5.41) is 8.91. The van der Waals surface area contributed by atoms with Crippen molar-refractivity contribution >= 4 is 43.7 Å². The third-order valence-corrected chi connectivity index (χ3v) is 4.74. The van der Waals surface area contributed by atoms with Crippen LogP contribution in [0, 0.1) is 0 Å². The van der Waals surface area contributed by atoms with Gasteiger partial charge >= 0.3 is 5.97 Å². The molecule has 0 heterocycles. The van der Waals surface area contributed by atoms with Crippen LogP contribution in [-0.4, -0.2) is 37.5 Å². The van der Waals surface area contributed by atoms with E-state index in [0.29, 0.717) is 0 Å². The molecule has 0 bridgehead atoms. The first-order valence-electron chi connectivity index (χ1n) is 4.86. The van der Waals surface area contributed by atoms with Gasteiger partial charge in [0.05, 0.1) is 4.90 Å². The average molecular weight is 354 g/mol. The first kappa shape index (κ1) is 15.5. The van der Waals surface area contributed by atoms with Gasteiger partial charge in [-0.15, -0.1) is 0 Å². The maximum atomic E-state index is 11.9. The Labute approximate surface area is 118 Å². The molecule has 0 aliphatic heterocycles. The fourth-order valence-corrected chi connectivity index (χ4v) is 3.31. The lowest BCUT2D eigenvalue weighted by atomic mass is 10.4. The van der Waals surface area contributed by atoms with Crippen molar-refractivity contribution in [1.29, 1.82) is 0 Å². The van der Waals surface area contributed by atoms with Gasteiger partial charge < -0.3 is 5.11 Å². The molecule has 5 nitrogen and oxygen atoms in total. The molecule has 1 aromatic carbocycles. The molecule has 1 aromatic rings. The van der Waals surface area contributed by atoms with E-state index in [1.54, 1.807) is 18.4 Å². The maximum Gasteiger partial charge on any atom is 0.322 e. The van der Waals surface area contributed by atoms with E-state index in [1.807, 2.05) is 0 Å². The number of thioether (sulfide) groups is 1. The normalized spacial score (nSPS) is 13.2. The zero-order chi connectivity index (χ0) is 13.8. The molecule has 0 spiro atoms. The van der Waals surface area contributed by atoms with Gasteiger partial charge in [-0.1, -0.05) is 15.9 Å². The van der Waals surface area contributed by atoms with Crippen molar-refractivity contribution in [2.75, 3.05) is 12.0 Å². The van der Waals surface area contributed by atoms with E-state index >= 15 is 0 Å². The molecule has 0 aliphatic carbocycles. The maximum absolute atomic E-state index is 11.9. The zero-order valence-corrected chi connectivity index (χ0v) is 12.7. The largest absolute Gasteiger partial charge is 0.480 e. The van der Waals surface area contributed by atoms with Crippen molar-refractivity contribution in [3.8, 4) is 0 Å². The molecule has 0 saturated carbocycles. The van der Waals surface area contributed by atoms with Gasteiger partial charge in [0, 0.05) is 10.2 Å². The van der Waals surface area contributed by atoms with E-state index in [0.717, 1.165) is 4.47 Å². The fourth-order valence-electron chi connectivity index (χ4n) is 1.19. The van der Waals surface area contributed by atoms with Crippen LogP contribution in [0.3, 0.4) is 0 Å². The molecule has 2 N–H and O–H groups in total. The molecular formula is C10H12BrNO4S2. The Morgan fingerprint density at radius 1 is 1.44 bits per heavy atom. The van der Waals surface area contributed by atoms with Gasteiger partial charge in [-0.05, 0) is 30.5 Å². The highest BCUT2D eigenvalue weighted by Crippen LogP contribution is 2.15. The van der Waals surface area contributed by atoms with E-state index < -0.39 is 22.0 Å². The Hall–Kier alpha value is -0.570. The van der Waals surface area contributed by atoms with Gasteiger partial charge in [0.1, 0.15) is 6.04 Å². The predicted molar refractivity (Wildman–Crippen MR) is 74.3 cm³/mol. The summed E-state index contributed by atoms with van der Waals surface area (Å²) in [6.45, 7) is 0. The number of hydrogen-bond donors (Lipinski definition) is 2. The standard InChI is InChI=1S/C10H12BrNO4S2/c1-17-6-9(10(13)14)12-18(15,16)8-4-2-7(11)3-5-8/h2-5,9,12H,6H2,1H3,(H,13,14)/t9-/m1/s1. The van der Waals surface area contributed by atoms with Crippen LogP contribution in [0.5, 0.6) is 0 Å². The van der Waals surface area contributed by atoms with Crippen molar-refractivity contribution < 1.29 is 18.3 Å². The second kappa shape index (κ2) is 6.55. The lowest BCUT2D eigenvalue weighted by molar-refractivity contribution is -0.138. The van der Waals surface area contributed by atoms with Crippen molar-refractivity contribution in [3.05, 3.63) is 28.7 Å². The number of rotatable bonds is 6. The molecule has 0 aromatic heterocycles. The monoisotopic (exact) mass is 353 g/mol. The number of carbonyl (C=O) groups is 1. The highest BCUT2D eigenvalue weighted by Gasteiger charge is 2.24. The first-order chi connectivity index (χ1) is 8.36. The summed E-state index contributed by atoms with van der Waals surface area (Å²) in [7, 11) is -3.81. The van der Waals surface area contributed by atoms with E-state index in [1.165, 1.54) is 23.9 Å². The van der Waals surface area contributed by atoms with Gasteiger partial charge in [0.25, 0.3) is 0 Å². The van der Waals surface area contributed by atoms with Crippen LogP contribution < -0.4 is 4.72 Å². The van der Waals surface area contributed by atoms with Crippen LogP contribution in [0.15, 0.2) is 33.6 Å². The van der Waals surface area contributed by atoms with Gasteiger partial charge in [-0.25, -0.2) is 8.42 Å². The predicted octanol–water partition coefficient (Wildman–Crippen LogP) is 1.54. The molecule has 1 rings (SSSR count). The van der Waals surface area contributed by atoms with E-state index in [9.17, 15) is 13.2 Å². The molecular weight excluding hydrogens is 342 g/mol. The van der Waals surface area contributed by atoms with Gasteiger partial charge in [0.2, 0.25) is 10.0 Å². The lowest BCUT2D eigenvalue weighted by Crippen LogP contribution is -2.42. The van der Waals surface area contributed by atoms with Crippen molar-refractivity contribution in [1.82, 2.24) is 4.72 Å². The van der Waals surface area contributed by atoms with E-state index in [-0.39, 0.29) is 10.6 Å². The third-order valence-electron chi connectivity index (χ3n) is 2.05. The number of nitrogens with one attached hydrogen (secondary N) is 1. The molecule has 0 amide bonds. The number of hydrogen-bond acceptors (Lipinski definition) is 4. The number of aliphatic carboxylic acids is 1.